The molecule has 0 aliphatic carbocycles. The van der Waals surface area contributed by atoms with Gasteiger partial charge >= 0.3 is 0 Å². The molecule has 0 bridgehead atoms. The van der Waals surface area contributed by atoms with Crippen LogP contribution in [0.1, 0.15) is 21.5 Å². The van der Waals surface area contributed by atoms with Crippen molar-refractivity contribution in [2.45, 2.75) is 20.0 Å². The predicted molar refractivity (Wildman–Crippen MR) is 95.7 cm³/mol. The highest BCUT2D eigenvalue weighted by atomic mass is 19.3. The molecule has 26 heavy (non-hydrogen) atoms. The zero-order valence-electron chi connectivity index (χ0n) is 15.0. The molecule has 1 amide bonds. The number of hydrogen-bond donors (Lipinski definition) is 0. The summed E-state index contributed by atoms with van der Waals surface area (Å²) in [6.07, 6.45) is -2.60. The van der Waals surface area contributed by atoms with E-state index in [9.17, 15) is 13.6 Å². The number of amides is 1. The van der Waals surface area contributed by atoms with E-state index in [0.717, 1.165) is 16.0 Å². The van der Waals surface area contributed by atoms with E-state index in [0.29, 0.717) is 17.9 Å². The Morgan fingerprint density at radius 3 is 2.62 bits per heavy atom. The summed E-state index contributed by atoms with van der Waals surface area (Å²) in [6.45, 7) is 2.04. The normalized spacial score (nSPS) is 10.8. The first-order valence-electron chi connectivity index (χ1n) is 8.34. The van der Waals surface area contributed by atoms with Gasteiger partial charge < -0.3 is 14.4 Å². The summed E-state index contributed by atoms with van der Waals surface area (Å²) in [5.74, 6) is 0.0458. The van der Waals surface area contributed by atoms with Crippen LogP contribution in [0.2, 0.25) is 0 Å². The lowest BCUT2D eigenvalue weighted by Gasteiger charge is -2.22. The topological polar surface area (TPSA) is 38.8 Å². The molecule has 0 atom stereocenters. The van der Waals surface area contributed by atoms with E-state index in [1.165, 1.54) is 7.11 Å². The van der Waals surface area contributed by atoms with Crippen molar-refractivity contribution in [3.63, 3.8) is 0 Å². The quantitative estimate of drug-likeness (QED) is 0.678. The highest BCUT2D eigenvalue weighted by molar-refractivity contribution is 5.94. The van der Waals surface area contributed by atoms with Crippen molar-refractivity contribution >= 4 is 5.91 Å². The molecule has 0 aliphatic heterocycles. The molecule has 0 saturated carbocycles. The van der Waals surface area contributed by atoms with Gasteiger partial charge in [0.2, 0.25) is 0 Å². The third-order valence-corrected chi connectivity index (χ3v) is 3.78. The molecule has 0 heterocycles. The maximum absolute atomic E-state index is 12.7. The maximum atomic E-state index is 12.7. The SMILES string of the molecule is COCCN(CC(F)F)C(=O)c1cccc(OCc2cccc(C)c2)c1. The molecule has 0 N–H and O–H groups in total. The first-order valence-corrected chi connectivity index (χ1v) is 8.34. The Morgan fingerprint density at radius 2 is 1.92 bits per heavy atom. The van der Waals surface area contributed by atoms with Crippen LogP contribution in [-0.2, 0) is 11.3 Å². The average molecular weight is 363 g/mol. The predicted octanol–water partition coefficient (Wildman–Crippen LogP) is 3.93. The fraction of sp³-hybridized carbons (Fsp3) is 0.350. The van der Waals surface area contributed by atoms with Gasteiger partial charge in [-0.3, -0.25) is 4.79 Å². The van der Waals surface area contributed by atoms with Gasteiger partial charge in [0.25, 0.3) is 12.3 Å². The number of halogens is 2. The van der Waals surface area contributed by atoms with Crippen LogP contribution in [0.15, 0.2) is 48.5 Å². The van der Waals surface area contributed by atoms with Gasteiger partial charge in [0.05, 0.1) is 13.2 Å². The summed E-state index contributed by atoms with van der Waals surface area (Å²) in [4.78, 5) is 13.6. The highest BCUT2D eigenvalue weighted by Crippen LogP contribution is 2.17. The maximum Gasteiger partial charge on any atom is 0.255 e. The van der Waals surface area contributed by atoms with E-state index in [1.54, 1.807) is 24.3 Å². The monoisotopic (exact) mass is 363 g/mol. The van der Waals surface area contributed by atoms with Gasteiger partial charge in [0, 0.05) is 19.2 Å². The highest BCUT2D eigenvalue weighted by Gasteiger charge is 2.20. The minimum atomic E-state index is -2.60. The molecule has 0 spiro atoms. The first-order chi connectivity index (χ1) is 12.5. The van der Waals surface area contributed by atoms with Crippen molar-refractivity contribution in [2.75, 3.05) is 26.8 Å². The second kappa shape index (κ2) is 9.87. The molecule has 2 aromatic carbocycles. The van der Waals surface area contributed by atoms with Gasteiger partial charge in [-0.15, -0.1) is 0 Å². The summed E-state index contributed by atoms with van der Waals surface area (Å²) in [6, 6.07) is 14.5. The fourth-order valence-electron chi connectivity index (χ4n) is 2.51. The molecule has 0 aromatic heterocycles. The lowest BCUT2D eigenvalue weighted by Crippen LogP contribution is -2.37. The van der Waals surface area contributed by atoms with Crippen LogP contribution in [0.3, 0.4) is 0 Å². The Labute approximate surface area is 152 Å². The van der Waals surface area contributed by atoms with Gasteiger partial charge in [-0.05, 0) is 30.7 Å². The molecule has 6 heteroatoms. The van der Waals surface area contributed by atoms with Crippen LogP contribution >= 0.6 is 0 Å². The van der Waals surface area contributed by atoms with Crippen molar-refractivity contribution in [1.29, 1.82) is 0 Å². The van der Waals surface area contributed by atoms with Gasteiger partial charge in [0.1, 0.15) is 12.4 Å². The summed E-state index contributed by atoms with van der Waals surface area (Å²) in [7, 11) is 1.46. The van der Waals surface area contributed by atoms with Gasteiger partial charge in [-0.2, -0.15) is 0 Å². The van der Waals surface area contributed by atoms with E-state index in [-0.39, 0.29) is 13.2 Å². The molecule has 0 fully saturated rings. The molecule has 140 valence electrons. The first kappa shape index (κ1) is 19.8. The Morgan fingerprint density at radius 1 is 1.15 bits per heavy atom. The second-order valence-electron chi connectivity index (χ2n) is 5.94. The number of ether oxygens (including phenoxy) is 2. The average Bonchev–Trinajstić information content (AvgIpc) is 2.63. The van der Waals surface area contributed by atoms with E-state index in [2.05, 4.69) is 0 Å². The molecule has 0 radical (unpaired) electrons. The Hall–Kier alpha value is -2.47. The zero-order chi connectivity index (χ0) is 18.9. The molecular weight excluding hydrogens is 340 g/mol. The van der Waals surface area contributed by atoms with Crippen LogP contribution in [-0.4, -0.2) is 44.0 Å². The number of aryl methyl sites for hydroxylation is 1. The fourth-order valence-corrected chi connectivity index (χ4v) is 2.51. The smallest absolute Gasteiger partial charge is 0.255 e. The van der Waals surface area contributed by atoms with Crippen LogP contribution in [0.4, 0.5) is 8.78 Å². The summed E-state index contributed by atoms with van der Waals surface area (Å²) in [5, 5.41) is 0. The van der Waals surface area contributed by atoms with Crippen molar-refractivity contribution < 1.29 is 23.0 Å². The second-order valence-corrected chi connectivity index (χ2v) is 5.94. The number of carbonyl (C=O) groups excluding carboxylic acids is 1. The number of benzene rings is 2. The summed E-state index contributed by atoms with van der Waals surface area (Å²) in [5.41, 5.74) is 2.46. The molecule has 2 aromatic rings. The minimum absolute atomic E-state index is 0.105. The molecule has 0 unspecified atom stereocenters. The molecule has 0 saturated heterocycles. The number of hydrogen-bond acceptors (Lipinski definition) is 3. The summed E-state index contributed by atoms with van der Waals surface area (Å²) < 4.78 is 36.1. The van der Waals surface area contributed by atoms with E-state index < -0.39 is 18.9 Å². The zero-order valence-corrected chi connectivity index (χ0v) is 15.0. The van der Waals surface area contributed by atoms with Gasteiger partial charge in [-0.25, -0.2) is 8.78 Å². The van der Waals surface area contributed by atoms with Gasteiger partial charge in [0.15, 0.2) is 0 Å². The minimum Gasteiger partial charge on any atom is -0.489 e. The molecule has 0 aliphatic rings. The molecule has 2 rings (SSSR count). The van der Waals surface area contributed by atoms with E-state index in [1.807, 2.05) is 31.2 Å². The Kier molecular flexibility index (Phi) is 7.53. The van der Waals surface area contributed by atoms with Crippen LogP contribution in [0.25, 0.3) is 0 Å². The van der Waals surface area contributed by atoms with E-state index >= 15 is 0 Å². The van der Waals surface area contributed by atoms with E-state index in [4.69, 9.17) is 9.47 Å². The summed E-state index contributed by atoms with van der Waals surface area (Å²) >= 11 is 0. The molecular formula is C20H23F2NO3. The largest absolute Gasteiger partial charge is 0.489 e. The van der Waals surface area contributed by atoms with Crippen molar-refractivity contribution in [1.82, 2.24) is 4.90 Å². The number of alkyl halides is 2. The third-order valence-electron chi connectivity index (χ3n) is 3.78. The van der Waals surface area contributed by atoms with Crippen molar-refractivity contribution in [3.05, 3.63) is 65.2 Å². The Bertz CT molecular complexity index is 722. The van der Waals surface area contributed by atoms with Crippen LogP contribution < -0.4 is 4.74 Å². The standard InChI is InChI=1S/C20H23F2NO3/c1-15-5-3-6-16(11-15)14-26-18-8-4-7-17(12-18)20(24)23(9-10-25-2)13-19(21)22/h3-8,11-12,19H,9-10,13-14H2,1-2H3. The van der Waals surface area contributed by atoms with Crippen molar-refractivity contribution in [3.8, 4) is 5.75 Å². The lowest BCUT2D eigenvalue weighted by atomic mass is 10.1. The number of rotatable bonds is 9. The van der Waals surface area contributed by atoms with Crippen LogP contribution in [0, 0.1) is 6.92 Å². The Balaban J connectivity index is 2.07. The lowest BCUT2D eigenvalue weighted by molar-refractivity contribution is 0.0478. The van der Waals surface area contributed by atoms with Crippen molar-refractivity contribution in [2.24, 2.45) is 0 Å². The number of methoxy groups -OCH3 is 1. The number of nitrogens with zero attached hydrogens (tertiary/aromatic N) is 1. The number of carbonyl (C=O) groups is 1. The van der Waals surface area contributed by atoms with Crippen LogP contribution in [0.5, 0.6) is 5.75 Å². The molecule has 4 nitrogen and oxygen atoms in total. The van der Waals surface area contributed by atoms with Gasteiger partial charge in [-0.1, -0.05) is 35.9 Å². The third kappa shape index (κ3) is 6.11.